The van der Waals surface area contributed by atoms with E-state index in [9.17, 15) is 4.79 Å². The predicted molar refractivity (Wildman–Crippen MR) is 127 cm³/mol. The highest BCUT2D eigenvalue weighted by molar-refractivity contribution is 7.22. The van der Waals surface area contributed by atoms with E-state index in [1.165, 1.54) is 45.1 Å². The second kappa shape index (κ2) is 10.1. The Balaban J connectivity index is 1.30. The van der Waals surface area contributed by atoms with E-state index in [2.05, 4.69) is 29.0 Å². The van der Waals surface area contributed by atoms with Gasteiger partial charge in [0, 0.05) is 37.8 Å². The van der Waals surface area contributed by atoms with Gasteiger partial charge in [0.2, 0.25) is 0 Å². The van der Waals surface area contributed by atoms with Crippen molar-refractivity contribution in [2.75, 3.05) is 37.6 Å². The maximum atomic E-state index is 12.7. The van der Waals surface area contributed by atoms with Gasteiger partial charge in [-0.05, 0) is 69.2 Å². The topological polar surface area (TPSA) is 48.5 Å². The molecule has 6 heteroatoms. The van der Waals surface area contributed by atoms with Gasteiger partial charge in [0.1, 0.15) is 0 Å². The number of piperidine rings is 2. The summed E-state index contributed by atoms with van der Waals surface area (Å²) in [5, 5.41) is 4.22. The van der Waals surface area contributed by atoms with Crippen molar-refractivity contribution in [2.45, 2.75) is 64.8 Å². The molecule has 3 heterocycles. The number of nitrogens with one attached hydrogen (secondary N) is 1. The molecule has 0 saturated carbocycles. The van der Waals surface area contributed by atoms with Gasteiger partial charge in [0.05, 0.1) is 10.2 Å². The van der Waals surface area contributed by atoms with Gasteiger partial charge in [-0.3, -0.25) is 4.79 Å². The lowest BCUT2D eigenvalue weighted by Gasteiger charge is -2.35. The van der Waals surface area contributed by atoms with E-state index < -0.39 is 0 Å². The number of aromatic nitrogens is 1. The number of benzene rings is 1. The molecular weight excluding hydrogens is 392 g/mol. The molecule has 4 rings (SSSR count). The highest BCUT2D eigenvalue weighted by Gasteiger charge is 2.21. The lowest BCUT2D eigenvalue weighted by atomic mass is 10.00. The Labute approximate surface area is 184 Å². The third-order valence-electron chi connectivity index (χ3n) is 6.82. The van der Waals surface area contributed by atoms with Crippen LogP contribution in [0.3, 0.4) is 0 Å². The molecule has 0 spiro atoms. The smallest absolute Gasteiger partial charge is 0.251 e. The Kier molecular flexibility index (Phi) is 7.26. The van der Waals surface area contributed by atoms with Crippen LogP contribution in [0, 0.1) is 5.92 Å². The van der Waals surface area contributed by atoms with Crippen molar-refractivity contribution in [3.63, 3.8) is 0 Å². The van der Waals surface area contributed by atoms with Crippen molar-refractivity contribution in [2.24, 2.45) is 5.92 Å². The van der Waals surface area contributed by atoms with E-state index in [1.54, 1.807) is 11.3 Å². The second-order valence-electron chi connectivity index (χ2n) is 9.05. The average molecular weight is 429 g/mol. The Morgan fingerprint density at radius 1 is 1.20 bits per heavy atom. The number of thiazole rings is 1. The molecule has 1 aromatic carbocycles. The van der Waals surface area contributed by atoms with E-state index in [0.717, 1.165) is 65.5 Å². The number of amides is 1. The highest BCUT2D eigenvalue weighted by Crippen LogP contribution is 2.32. The Morgan fingerprint density at radius 3 is 2.83 bits per heavy atom. The Hall–Kier alpha value is -1.66. The van der Waals surface area contributed by atoms with Crippen LogP contribution in [0.2, 0.25) is 0 Å². The van der Waals surface area contributed by atoms with E-state index in [4.69, 9.17) is 4.98 Å². The molecule has 0 bridgehead atoms. The maximum Gasteiger partial charge on any atom is 0.251 e. The van der Waals surface area contributed by atoms with Crippen LogP contribution in [0.5, 0.6) is 0 Å². The first-order valence-electron chi connectivity index (χ1n) is 11.8. The number of fused-ring (bicyclic) bond motifs is 1. The zero-order chi connectivity index (χ0) is 20.9. The Morgan fingerprint density at radius 2 is 2.03 bits per heavy atom. The molecule has 1 amide bonds. The molecule has 0 aliphatic carbocycles. The minimum absolute atomic E-state index is 0.0318. The van der Waals surface area contributed by atoms with E-state index in [0.29, 0.717) is 0 Å². The van der Waals surface area contributed by atoms with Crippen molar-refractivity contribution >= 4 is 32.6 Å². The van der Waals surface area contributed by atoms with Gasteiger partial charge in [-0.1, -0.05) is 31.6 Å². The molecule has 2 fully saturated rings. The molecule has 164 valence electrons. The molecule has 2 aliphatic heterocycles. The summed E-state index contributed by atoms with van der Waals surface area (Å²) in [6.45, 7) is 9.84. The van der Waals surface area contributed by atoms with Crippen molar-refractivity contribution in [3.05, 3.63) is 23.8 Å². The third kappa shape index (κ3) is 5.14. The number of hydrogen-bond acceptors (Lipinski definition) is 5. The molecule has 0 unspecified atom stereocenters. The van der Waals surface area contributed by atoms with Crippen molar-refractivity contribution in [3.8, 4) is 0 Å². The molecule has 5 nitrogen and oxygen atoms in total. The number of rotatable bonds is 7. The van der Waals surface area contributed by atoms with Gasteiger partial charge < -0.3 is 15.1 Å². The second-order valence-corrected chi connectivity index (χ2v) is 10.1. The molecule has 2 aromatic rings. The van der Waals surface area contributed by atoms with Crippen LogP contribution < -0.4 is 10.2 Å². The maximum absolute atomic E-state index is 12.7. The van der Waals surface area contributed by atoms with Gasteiger partial charge >= 0.3 is 0 Å². The summed E-state index contributed by atoms with van der Waals surface area (Å²) in [4.78, 5) is 22.5. The monoisotopic (exact) mass is 428 g/mol. The summed E-state index contributed by atoms with van der Waals surface area (Å²) in [5.74, 6) is 0.845. The SMILES string of the molecule is CC[C@@H]1CCCCN1CCCNC(=O)c1ccc2nc(N3CCC(C)CC3)sc2c1. The lowest BCUT2D eigenvalue weighted by molar-refractivity contribution is 0.0947. The standard InChI is InChI=1S/C24H36N4OS/c1-3-20-7-4-5-13-27(20)14-6-12-25-23(29)19-8-9-21-22(17-19)30-24(26-21)28-15-10-18(2)11-16-28/h8-9,17-18,20H,3-7,10-16H2,1-2H3,(H,25,29)/t20-/m1/s1. The fraction of sp³-hybridized carbons (Fsp3) is 0.667. The molecule has 30 heavy (non-hydrogen) atoms. The normalized spacial score (nSPS) is 21.3. The van der Waals surface area contributed by atoms with E-state index in [-0.39, 0.29) is 5.91 Å². The van der Waals surface area contributed by atoms with Crippen LogP contribution in [0.1, 0.15) is 69.2 Å². The van der Waals surface area contributed by atoms with Crippen molar-refractivity contribution in [1.29, 1.82) is 0 Å². The summed E-state index contributed by atoms with van der Waals surface area (Å²) in [6, 6.07) is 6.66. The minimum atomic E-state index is 0.0318. The first-order chi connectivity index (χ1) is 14.6. The van der Waals surface area contributed by atoms with Gasteiger partial charge in [-0.2, -0.15) is 0 Å². The third-order valence-corrected chi connectivity index (χ3v) is 7.90. The number of hydrogen-bond donors (Lipinski definition) is 1. The largest absolute Gasteiger partial charge is 0.352 e. The summed E-state index contributed by atoms with van der Waals surface area (Å²) in [5.41, 5.74) is 1.75. The quantitative estimate of drug-likeness (QED) is 0.636. The van der Waals surface area contributed by atoms with Crippen molar-refractivity contribution < 1.29 is 4.79 Å². The summed E-state index contributed by atoms with van der Waals surface area (Å²) in [7, 11) is 0. The predicted octanol–water partition coefficient (Wildman–Crippen LogP) is 4.92. The number of likely N-dealkylation sites (tertiary alicyclic amines) is 1. The van der Waals surface area contributed by atoms with E-state index in [1.807, 2.05) is 18.2 Å². The summed E-state index contributed by atoms with van der Waals surface area (Å²) >= 11 is 1.71. The minimum Gasteiger partial charge on any atom is -0.352 e. The molecule has 2 aliphatic rings. The molecular formula is C24H36N4OS. The van der Waals surface area contributed by atoms with Gasteiger partial charge in [0.15, 0.2) is 5.13 Å². The Bertz CT molecular complexity index is 843. The number of carbonyl (C=O) groups is 1. The molecule has 1 N–H and O–H groups in total. The highest BCUT2D eigenvalue weighted by atomic mass is 32.1. The first-order valence-corrected chi connectivity index (χ1v) is 12.6. The molecule has 0 radical (unpaired) electrons. The van der Waals surface area contributed by atoms with Crippen LogP contribution in [0.4, 0.5) is 5.13 Å². The van der Waals surface area contributed by atoms with Gasteiger partial charge in [0.25, 0.3) is 5.91 Å². The molecule has 2 saturated heterocycles. The average Bonchev–Trinajstić information content (AvgIpc) is 3.20. The van der Waals surface area contributed by atoms with Crippen LogP contribution in [0.25, 0.3) is 10.2 Å². The van der Waals surface area contributed by atoms with E-state index >= 15 is 0 Å². The molecule has 1 aromatic heterocycles. The van der Waals surface area contributed by atoms with Crippen LogP contribution in [-0.4, -0.2) is 54.6 Å². The zero-order valence-corrected chi connectivity index (χ0v) is 19.3. The van der Waals surface area contributed by atoms with Crippen LogP contribution in [0.15, 0.2) is 18.2 Å². The fourth-order valence-electron chi connectivity index (χ4n) is 4.79. The number of carbonyl (C=O) groups excluding carboxylic acids is 1. The fourth-order valence-corrected chi connectivity index (χ4v) is 5.85. The number of anilines is 1. The van der Waals surface area contributed by atoms with Crippen molar-refractivity contribution in [1.82, 2.24) is 15.2 Å². The van der Waals surface area contributed by atoms with Gasteiger partial charge in [-0.25, -0.2) is 4.98 Å². The van der Waals surface area contributed by atoms with Crippen LogP contribution in [-0.2, 0) is 0 Å². The molecule has 1 atom stereocenters. The first kappa shape index (κ1) is 21.6. The van der Waals surface area contributed by atoms with Gasteiger partial charge in [-0.15, -0.1) is 0 Å². The zero-order valence-electron chi connectivity index (χ0n) is 18.5. The van der Waals surface area contributed by atoms with Crippen LogP contribution >= 0.6 is 11.3 Å². The lowest BCUT2D eigenvalue weighted by Crippen LogP contribution is -2.40. The summed E-state index contributed by atoms with van der Waals surface area (Å²) < 4.78 is 1.11. The summed E-state index contributed by atoms with van der Waals surface area (Å²) in [6.07, 6.45) is 8.74. The number of nitrogens with zero attached hydrogens (tertiary/aromatic N) is 3.